The molecular formula is C19H18N2O4S2. The van der Waals surface area contributed by atoms with Crippen molar-refractivity contribution in [2.75, 3.05) is 23.4 Å². The second kappa shape index (κ2) is 7.81. The Morgan fingerprint density at radius 2 is 1.74 bits per heavy atom. The van der Waals surface area contributed by atoms with Gasteiger partial charge in [-0.25, -0.2) is 8.42 Å². The van der Waals surface area contributed by atoms with Crippen LogP contribution in [0.1, 0.15) is 9.67 Å². The Morgan fingerprint density at radius 3 is 2.48 bits per heavy atom. The summed E-state index contributed by atoms with van der Waals surface area (Å²) < 4.78 is 30.3. The van der Waals surface area contributed by atoms with Crippen molar-refractivity contribution in [1.82, 2.24) is 0 Å². The van der Waals surface area contributed by atoms with Gasteiger partial charge in [-0.15, -0.1) is 11.3 Å². The number of ether oxygens (including phenoxy) is 1. The van der Waals surface area contributed by atoms with Crippen molar-refractivity contribution >= 4 is 38.6 Å². The normalized spacial score (nSPS) is 11.0. The molecule has 140 valence electrons. The van der Waals surface area contributed by atoms with Crippen molar-refractivity contribution in [2.24, 2.45) is 0 Å². The van der Waals surface area contributed by atoms with Crippen molar-refractivity contribution < 1.29 is 17.9 Å². The van der Waals surface area contributed by atoms with E-state index in [1.807, 2.05) is 35.7 Å². The van der Waals surface area contributed by atoms with Crippen LogP contribution in [0.3, 0.4) is 0 Å². The van der Waals surface area contributed by atoms with Gasteiger partial charge in [-0.1, -0.05) is 18.2 Å². The predicted molar refractivity (Wildman–Crippen MR) is 109 cm³/mol. The number of carbonyl (C=O) groups is 1. The van der Waals surface area contributed by atoms with Gasteiger partial charge in [0, 0.05) is 5.69 Å². The number of amides is 1. The van der Waals surface area contributed by atoms with E-state index in [0.29, 0.717) is 16.3 Å². The van der Waals surface area contributed by atoms with Gasteiger partial charge in [0.2, 0.25) is 10.0 Å². The molecule has 3 rings (SSSR count). The first kappa shape index (κ1) is 18.9. The highest BCUT2D eigenvalue weighted by molar-refractivity contribution is 7.92. The molecule has 1 aromatic heterocycles. The zero-order valence-corrected chi connectivity index (χ0v) is 16.4. The number of sulfonamides is 1. The average Bonchev–Trinajstić information content (AvgIpc) is 3.11. The van der Waals surface area contributed by atoms with Gasteiger partial charge in [0.1, 0.15) is 5.75 Å². The van der Waals surface area contributed by atoms with E-state index < -0.39 is 10.0 Å². The lowest BCUT2D eigenvalue weighted by molar-refractivity contribution is 0.103. The molecule has 0 bridgehead atoms. The predicted octanol–water partition coefficient (Wildman–Crippen LogP) is 4.05. The van der Waals surface area contributed by atoms with Crippen LogP contribution in [-0.2, 0) is 10.0 Å². The maximum Gasteiger partial charge on any atom is 0.265 e. The minimum atomic E-state index is -3.38. The molecule has 1 heterocycles. The molecule has 0 atom stereocenters. The summed E-state index contributed by atoms with van der Waals surface area (Å²) in [4.78, 5) is 13.1. The highest BCUT2D eigenvalue weighted by Gasteiger charge is 2.12. The Kier molecular flexibility index (Phi) is 5.48. The molecule has 0 aliphatic carbocycles. The first-order valence-corrected chi connectivity index (χ1v) is 10.7. The minimum Gasteiger partial charge on any atom is -0.497 e. The van der Waals surface area contributed by atoms with Crippen molar-refractivity contribution in [3.05, 3.63) is 64.9 Å². The summed E-state index contributed by atoms with van der Waals surface area (Å²) in [7, 11) is -1.77. The number of carbonyl (C=O) groups excluding carboxylic acids is 1. The second-order valence-electron chi connectivity index (χ2n) is 5.84. The maximum absolute atomic E-state index is 12.5. The van der Waals surface area contributed by atoms with Crippen LogP contribution in [0.25, 0.3) is 11.1 Å². The molecule has 0 unspecified atom stereocenters. The number of rotatable bonds is 6. The molecule has 6 nitrogen and oxygen atoms in total. The molecule has 2 N–H and O–H groups in total. The lowest BCUT2D eigenvalue weighted by Crippen LogP contribution is -2.12. The third-order valence-electron chi connectivity index (χ3n) is 3.65. The van der Waals surface area contributed by atoms with Crippen LogP contribution in [0.2, 0.25) is 0 Å². The molecule has 0 fully saturated rings. The fourth-order valence-corrected chi connectivity index (χ4v) is 3.84. The van der Waals surface area contributed by atoms with E-state index in [0.717, 1.165) is 23.1 Å². The Hall–Kier alpha value is -2.84. The topological polar surface area (TPSA) is 84.5 Å². The number of hydrogen-bond donors (Lipinski definition) is 2. The summed E-state index contributed by atoms with van der Waals surface area (Å²) >= 11 is 1.34. The van der Waals surface area contributed by atoms with Gasteiger partial charge >= 0.3 is 0 Å². The molecule has 0 saturated carbocycles. The van der Waals surface area contributed by atoms with Gasteiger partial charge in [0.25, 0.3) is 5.91 Å². The second-order valence-corrected chi connectivity index (χ2v) is 8.50. The van der Waals surface area contributed by atoms with Gasteiger partial charge in [-0.05, 0) is 52.9 Å². The Balaban J connectivity index is 1.76. The first-order chi connectivity index (χ1) is 12.8. The standard InChI is InChI=1S/C19H18N2O4S2/c1-25-17-8-3-5-13(9-17)14-10-18(26-12-14)19(22)20-15-6-4-7-16(11-15)21-27(2,23)24/h3-12,21H,1-2H3,(H,20,22). The van der Waals surface area contributed by atoms with Crippen molar-refractivity contribution in [2.45, 2.75) is 0 Å². The summed E-state index contributed by atoms with van der Waals surface area (Å²) in [5.74, 6) is 0.491. The smallest absolute Gasteiger partial charge is 0.265 e. The van der Waals surface area contributed by atoms with Crippen LogP contribution >= 0.6 is 11.3 Å². The number of anilines is 2. The van der Waals surface area contributed by atoms with Crippen LogP contribution in [-0.4, -0.2) is 27.7 Å². The summed E-state index contributed by atoms with van der Waals surface area (Å²) in [6, 6.07) is 16.0. The van der Waals surface area contributed by atoms with Crippen LogP contribution in [0.15, 0.2) is 60.0 Å². The SMILES string of the molecule is COc1cccc(-c2csc(C(=O)Nc3cccc(NS(C)(=O)=O)c3)c2)c1. The monoisotopic (exact) mass is 402 g/mol. The molecule has 0 aliphatic rings. The third-order valence-corrected chi connectivity index (χ3v) is 5.19. The van der Waals surface area contributed by atoms with Gasteiger partial charge in [-0.2, -0.15) is 0 Å². The van der Waals surface area contributed by atoms with E-state index in [1.165, 1.54) is 11.3 Å². The van der Waals surface area contributed by atoms with Crippen molar-refractivity contribution in [3.63, 3.8) is 0 Å². The van der Waals surface area contributed by atoms with Crippen LogP contribution in [0.5, 0.6) is 5.75 Å². The molecule has 8 heteroatoms. The number of nitrogens with one attached hydrogen (secondary N) is 2. The Bertz CT molecular complexity index is 1070. The minimum absolute atomic E-state index is 0.259. The quantitative estimate of drug-likeness (QED) is 0.651. The maximum atomic E-state index is 12.5. The van der Waals surface area contributed by atoms with E-state index >= 15 is 0 Å². The molecule has 0 saturated heterocycles. The van der Waals surface area contributed by atoms with Gasteiger partial charge in [-0.3, -0.25) is 9.52 Å². The fraction of sp³-hybridized carbons (Fsp3) is 0.105. The van der Waals surface area contributed by atoms with Crippen LogP contribution < -0.4 is 14.8 Å². The van der Waals surface area contributed by atoms with Gasteiger partial charge in [0.05, 0.1) is 23.9 Å². The summed E-state index contributed by atoms with van der Waals surface area (Å²) in [5, 5.41) is 4.69. The lowest BCUT2D eigenvalue weighted by atomic mass is 10.1. The zero-order chi connectivity index (χ0) is 19.4. The van der Waals surface area contributed by atoms with E-state index in [9.17, 15) is 13.2 Å². The van der Waals surface area contributed by atoms with E-state index in [1.54, 1.807) is 31.4 Å². The van der Waals surface area contributed by atoms with Crippen molar-refractivity contribution in [3.8, 4) is 16.9 Å². The zero-order valence-electron chi connectivity index (χ0n) is 14.7. The van der Waals surface area contributed by atoms with E-state index in [4.69, 9.17) is 4.74 Å². The number of hydrogen-bond acceptors (Lipinski definition) is 5. The first-order valence-electron chi connectivity index (χ1n) is 7.96. The Morgan fingerprint density at radius 1 is 1.00 bits per heavy atom. The van der Waals surface area contributed by atoms with E-state index in [2.05, 4.69) is 10.0 Å². The molecule has 0 spiro atoms. The third kappa shape index (κ3) is 5.08. The highest BCUT2D eigenvalue weighted by atomic mass is 32.2. The molecule has 0 radical (unpaired) electrons. The number of thiophene rings is 1. The van der Waals surface area contributed by atoms with Crippen LogP contribution in [0.4, 0.5) is 11.4 Å². The Labute approximate surface area is 161 Å². The average molecular weight is 402 g/mol. The molecular weight excluding hydrogens is 384 g/mol. The molecule has 3 aromatic rings. The highest BCUT2D eigenvalue weighted by Crippen LogP contribution is 2.29. The summed E-state index contributed by atoms with van der Waals surface area (Å²) in [6.07, 6.45) is 1.07. The summed E-state index contributed by atoms with van der Waals surface area (Å²) in [5.41, 5.74) is 2.78. The molecule has 2 aromatic carbocycles. The van der Waals surface area contributed by atoms with Gasteiger partial charge in [0.15, 0.2) is 0 Å². The molecule has 27 heavy (non-hydrogen) atoms. The van der Waals surface area contributed by atoms with Crippen LogP contribution in [0, 0.1) is 0 Å². The molecule has 1 amide bonds. The van der Waals surface area contributed by atoms with Crippen molar-refractivity contribution in [1.29, 1.82) is 0 Å². The molecule has 0 aliphatic heterocycles. The summed E-state index contributed by atoms with van der Waals surface area (Å²) in [6.45, 7) is 0. The van der Waals surface area contributed by atoms with Gasteiger partial charge < -0.3 is 10.1 Å². The number of methoxy groups -OCH3 is 1. The lowest BCUT2D eigenvalue weighted by Gasteiger charge is -2.07. The number of benzene rings is 2. The fourth-order valence-electron chi connectivity index (χ4n) is 2.48. The van der Waals surface area contributed by atoms with E-state index in [-0.39, 0.29) is 5.91 Å². The largest absolute Gasteiger partial charge is 0.497 e.